The molecule has 0 atom stereocenters. The van der Waals surface area contributed by atoms with Crippen LogP contribution in [-0.2, 0) is 13.2 Å². The van der Waals surface area contributed by atoms with Crippen LogP contribution in [0.2, 0.25) is 0 Å². The Bertz CT molecular complexity index is 750. The molecule has 0 bridgehead atoms. The Morgan fingerprint density at radius 3 is 3.05 bits per heavy atom. The van der Waals surface area contributed by atoms with Gasteiger partial charge in [-0.15, -0.1) is 11.3 Å². The molecule has 0 aliphatic heterocycles. The van der Waals surface area contributed by atoms with Gasteiger partial charge in [-0.05, 0) is 31.1 Å². The normalized spacial score (nSPS) is 11.4. The molecule has 0 saturated heterocycles. The SMILES string of the molecule is CN(C)Cc1csc(COc2nc(N)nc3nc[nH]c23)c1. The van der Waals surface area contributed by atoms with Crippen molar-refractivity contribution in [2.75, 3.05) is 19.8 Å². The quantitative estimate of drug-likeness (QED) is 0.744. The van der Waals surface area contributed by atoms with Crippen LogP contribution in [0.5, 0.6) is 5.88 Å². The minimum Gasteiger partial charge on any atom is -0.470 e. The minimum absolute atomic E-state index is 0.157. The topological polar surface area (TPSA) is 92.9 Å². The van der Waals surface area contributed by atoms with Crippen molar-refractivity contribution >= 4 is 28.4 Å². The van der Waals surface area contributed by atoms with Crippen LogP contribution in [0.1, 0.15) is 10.4 Å². The number of aromatic nitrogens is 4. The number of imidazole rings is 1. The number of nitrogens with two attached hydrogens (primary N) is 1. The number of aromatic amines is 1. The van der Waals surface area contributed by atoms with Crippen molar-refractivity contribution < 1.29 is 4.74 Å². The second-order valence-electron chi connectivity index (χ2n) is 4.94. The van der Waals surface area contributed by atoms with Crippen LogP contribution in [0.25, 0.3) is 11.2 Å². The smallest absolute Gasteiger partial charge is 0.245 e. The number of rotatable bonds is 5. The fraction of sp³-hybridized carbons (Fsp3) is 0.308. The van der Waals surface area contributed by atoms with E-state index in [1.165, 1.54) is 5.56 Å². The highest BCUT2D eigenvalue weighted by Crippen LogP contribution is 2.22. The number of ether oxygens (including phenoxy) is 1. The summed E-state index contributed by atoms with van der Waals surface area (Å²) in [7, 11) is 4.10. The van der Waals surface area contributed by atoms with Gasteiger partial charge < -0.3 is 20.4 Å². The lowest BCUT2D eigenvalue weighted by Gasteiger charge is -2.06. The number of fused-ring (bicyclic) bond motifs is 1. The lowest BCUT2D eigenvalue weighted by Crippen LogP contribution is -2.09. The highest BCUT2D eigenvalue weighted by atomic mass is 32.1. The lowest BCUT2D eigenvalue weighted by molar-refractivity contribution is 0.301. The van der Waals surface area contributed by atoms with Gasteiger partial charge in [0.25, 0.3) is 0 Å². The zero-order chi connectivity index (χ0) is 14.8. The van der Waals surface area contributed by atoms with Gasteiger partial charge in [-0.3, -0.25) is 0 Å². The van der Waals surface area contributed by atoms with Crippen molar-refractivity contribution in [1.29, 1.82) is 0 Å². The third-order valence-corrected chi connectivity index (χ3v) is 3.79. The summed E-state index contributed by atoms with van der Waals surface area (Å²) in [6, 6.07) is 2.14. The van der Waals surface area contributed by atoms with Gasteiger partial charge in [-0.2, -0.15) is 9.97 Å². The number of nitrogens with one attached hydrogen (secondary N) is 1. The first-order valence-electron chi connectivity index (χ1n) is 6.42. The van der Waals surface area contributed by atoms with E-state index in [1.807, 2.05) is 14.1 Å². The molecule has 3 aromatic rings. The standard InChI is InChI=1S/C13H16N6OS/c1-19(2)4-8-3-9(21-6-8)5-20-12-10-11(16-7-15-10)17-13(14)18-12/h3,6-7H,4-5H2,1-2H3,(H3,14,15,16,17,18). The van der Waals surface area contributed by atoms with Gasteiger partial charge >= 0.3 is 0 Å². The van der Waals surface area contributed by atoms with Crippen LogP contribution >= 0.6 is 11.3 Å². The second-order valence-corrected chi connectivity index (χ2v) is 5.93. The molecule has 3 aromatic heterocycles. The molecule has 0 saturated carbocycles. The fourth-order valence-corrected chi connectivity index (χ4v) is 2.81. The maximum Gasteiger partial charge on any atom is 0.245 e. The number of hydrogen-bond donors (Lipinski definition) is 2. The van der Waals surface area contributed by atoms with Crippen molar-refractivity contribution in [2.45, 2.75) is 13.2 Å². The van der Waals surface area contributed by atoms with Crippen molar-refractivity contribution in [3.63, 3.8) is 0 Å². The zero-order valence-electron chi connectivity index (χ0n) is 11.8. The molecular weight excluding hydrogens is 288 g/mol. The maximum absolute atomic E-state index is 5.76. The van der Waals surface area contributed by atoms with Crippen molar-refractivity contribution in [2.24, 2.45) is 0 Å². The Balaban J connectivity index is 1.74. The summed E-state index contributed by atoms with van der Waals surface area (Å²) < 4.78 is 5.76. The lowest BCUT2D eigenvalue weighted by atomic mass is 10.3. The monoisotopic (exact) mass is 304 g/mol. The van der Waals surface area contributed by atoms with Crippen LogP contribution in [0.15, 0.2) is 17.8 Å². The van der Waals surface area contributed by atoms with E-state index in [4.69, 9.17) is 10.5 Å². The van der Waals surface area contributed by atoms with E-state index in [2.05, 4.69) is 36.3 Å². The number of nitrogens with zero attached hydrogens (tertiary/aromatic N) is 4. The van der Waals surface area contributed by atoms with Crippen molar-refractivity contribution in [1.82, 2.24) is 24.8 Å². The fourth-order valence-electron chi connectivity index (χ4n) is 2.02. The van der Waals surface area contributed by atoms with E-state index in [0.29, 0.717) is 23.7 Å². The first-order chi connectivity index (χ1) is 10.1. The summed E-state index contributed by atoms with van der Waals surface area (Å²) in [5, 5.41) is 2.14. The van der Waals surface area contributed by atoms with Crippen molar-refractivity contribution in [3.05, 3.63) is 28.2 Å². The minimum atomic E-state index is 0.157. The van der Waals surface area contributed by atoms with Gasteiger partial charge in [0.1, 0.15) is 12.1 Å². The van der Waals surface area contributed by atoms with E-state index >= 15 is 0 Å². The molecule has 3 rings (SSSR count). The van der Waals surface area contributed by atoms with Crippen LogP contribution in [0, 0.1) is 0 Å². The molecule has 3 heterocycles. The van der Waals surface area contributed by atoms with Crippen LogP contribution in [-0.4, -0.2) is 38.9 Å². The van der Waals surface area contributed by atoms with Crippen LogP contribution < -0.4 is 10.5 Å². The number of anilines is 1. The van der Waals surface area contributed by atoms with E-state index in [9.17, 15) is 0 Å². The molecule has 0 radical (unpaired) electrons. The molecule has 0 unspecified atom stereocenters. The number of thiophene rings is 1. The summed E-state index contributed by atoms with van der Waals surface area (Å²) in [4.78, 5) is 18.4. The summed E-state index contributed by atoms with van der Waals surface area (Å²) >= 11 is 1.67. The highest BCUT2D eigenvalue weighted by molar-refractivity contribution is 7.10. The molecule has 110 valence electrons. The number of hydrogen-bond acceptors (Lipinski definition) is 7. The van der Waals surface area contributed by atoms with Crippen LogP contribution in [0.4, 0.5) is 5.95 Å². The molecule has 8 heteroatoms. The summed E-state index contributed by atoms with van der Waals surface area (Å²) in [6.07, 6.45) is 1.55. The molecule has 0 spiro atoms. The Morgan fingerprint density at radius 2 is 2.24 bits per heavy atom. The summed E-state index contributed by atoms with van der Waals surface area (Å²) in [5.41, 5.74) is 8.10. The average Bonchev–Trinajstić information content (AvgIpc) is 3.04. The van der Waals surface area contributed by atoms with E-state index in [0.717, 1.165) is 11.4 Å². The molecule has 3 N–H and O–H groups in total. The van der Waals surface area contributed by atoms with Gasteiger partial charge in [-0.25, -0.2) is 4.98 Å². The van der Waals surface area contributed by atoms with Gasteiger partial charge in [0.2, 0.25) is 11.8 Å². The van der Waals surface area contributed by atoms with Crippen LogP contribution in [0.3, 0.4) is 0 Å². The molecule has 0 aliphatic rings. The summed E-state index contributed by atoms with van der Waals surface area (Å²) in [6.45, 7) is 1.37. The largest absolute Gasteiger partial charge is 0.470 e. The first kappa shape index (κ1) is 13.8. The van der Waals surface area contributed by atoms with E-state index < -0.39 is 0 Å². The number of nitrogen functional groups attached to an aromatic ring is 1. The van der Waals surface area contributed by atoms with Gasteiger partial charge in [0.15, 0.2) is 5.65 Å². The molecule has 21 heavy (non-hydrogen) atoms. The Labute approximate surface area is 125 Å². The van der Waals surface area contributed by atoms with Gasteiger partial charge in [0.05, 0.1) is 6.33 Å². The van der Waals surface area contributed by atoms with E-state index in [-0.39, 0.29) is 5.95 Å². The predicted molar refractivity (Wildman–Crippen MR) is 82.1 cm³/mol. The second kappa shape index (κ2) is 5.66. The third-order valence-electron chi connectivity index (χ3n) is 2.83. The molecule has 7 nitrogen and oxygen atoms in total. The maximum atomic E-state index is 5.76. The molecular formula is C13H16N6OS. The molecule has 0 aromatic carbocycles. The Hall–Kier alpha value is -2.19. The zero-order valence-corrected chi connectivity index (χ0v) is 12.6. The van der Waals surface area contributed by atoms with Gasteiger partial charge in [-0.1, -0.05) is 0 Å². The first-order valence-corrected chi connectivity index (χ1v) is 7.30. The molecule has 0 fully saturated rings. The van der Waals surface area contributed by atoms with Gasteiger partial charge in [0, 0.05) is 11.4 Å². The summed E-state index contributed by atoms with van der Waals surface area (Å²) in [5.74, 6) is 0.585. The third kappa shape index (κ3) is 3.11. The predicted octanol–water partition coefficient (Wildman–Crippen LogP) is 1.64. The number of H-pyrrole nitrogens is 1. The highest BCUT2D eigenvalue weighted by Gasteiger charge is 2.10. The molecule has 0 aliphatic carbocycles. The average molecular weight is 304 g/mol. The van der Waals surface area contributed by atoms with Crippen molar-refractivity contribution in [3.8, 4) is 5.88 Å². The van der Waals surface area contributed by atoms with E-state index in [1.54, 1.807) is 17.7 Å². The molecule has 0 amide bonds. The Kier molecular flexibility index (Phi) is 3.72. The Morgan fingerprint density at radius 1 is 1.38 bits per heavy atom.